The van der Waals surface area contributed by atoms with E-state index >= 15 is 0 Å². The summed E-state index contributed by atoms with van der Waals surface area (Å²) in [6, 6.07) is 4.02. The number of anilines is 3. The van der Waals surface area contributed by atoms with Gasteiger partial charge in [0.15, 0.2) is 0 Å². The van der Waals surface area contributed by atoms with Gasteiger partial charge in [0, 0.05) is 61.7 Å². The largest absolute Gasteiger partial charge is 0.416 e. The van der Waals surface area contributed by atoms with Gasteiger partial charge < -0.3 is 25.5 Å². The van der Waals surface area contributed by atoms with Crippen molar-refractivity contribution in [3.8, 4) is 0 Å². The molecule has 39 heavy (non-hydrogen) atoms. The Kier molecular flexibility index (Phi) is 8.11. The minimum atomic E-state index is -4.58. The van der Waals surface area contributed by atoms with Gasteiger partial charge in [-0.1, -0.05) is 0 Å². The van der Waals surface area contributed by atoms with Crippen LogP contribution in [0.3, 0.4) is 0 Å². The molecule has 1 saturated heterocycles. The van der Waals surface area contributed by atoms with Crippen LogP contribution in [0.4, 0.5) is 30.2 Å². The first-order valence-corrected chi connectivity index (χ1v) is 12.2. The van der Waals surface area contributed by atoms with Crippen molar-refractivity contribution in [1.29, 1.82) is 5.41 Å². The summed E-state index contributed by atoms with van der Waals surface area (Å²) >= 11 is 0. The molecule has 0 radical (unpaired) electrons. The average Bonchev–Trinajstić information content (AvgIpc) is 2.90. The van der Waals surface area contributed by atoms with E-state index in [1.165, 1.54) is 42.9 Å². The molecule has 4 N–H and O–H groups in total. The van der Waals surface area contributed by atoms with E-state index < -0.39 is 17.6 Å². The number of hydrogen-bond donors (Lipinski definition) is 3. The molecule has 1 amide bonds. The van der Waals surface area contributed by atoms with Crippen LogP contribution in [0.2, 0.25) is 0 Å². The predicted molar refractivity (Wildman–Crippen MR) is 143 cm³/mol. The zero-order chi connectivity index (χ0) is 28.3. The van der Waals surface area contributed by atoms with Gasteiger partial charge in [0.05, 0.1) is 34.8 Å². The van der Waals surface area contributed by atoms with Gasteiger partial charge in [0.25, 0.3) is 5.91 Å². The number of nitrogens with two attached hydrogens (primary N) is 1. The minimum Gasteiger partial charge on any atom is -0.369 e. The van der Waals surface area contributed by atoms with Crippen molar-refractivity contribution >= 4 is 28.7 Å². The minimum absolute atomic E-state index is 0.0117. The van der Waals surface area contributed by atoms with Gasteiger partial charge in [-0.25, -0.2) is 15.8 Å². The van der Waals surface area contributed by atoms with Gasteiger partial charge in [0.2, 0.25) is 0 Å². The number of halogens is 3. The lowest BCUT2D eigenvalue weighted by molar-refractivity contribution is -0.138. The molecule has 0 aliphatic carbocycles. The number of piperazine rings is 1. The van der Waals surface area contributed by atoms with E-state index in [0.717, 1.165) is 19.2 Å². The number of aromatic nitrogens is 3. The maximum Gasteiger partial charge on any atom is 0.416 e. The summed E-state index contributed by atoms with van der Waals surface area (Å²) in [7, 11) is 1.97. The molecule has 1 aromatic carbocycles. The second kappa shape index (κ2) is 11.3. The molecule has 0 atom stereocenters. The Labute approximate surface area is 224 Å². The van der Waals surface area contributed by atoms with Crippen LogP contribution in [0.15, 0.2) is 43.1 Å². The number of likely N-dealkylation sites (N-methyl/N-ethyl adjacent to an activating group) is 1. The molecular weight excluding hydrogens is 511 g/mol. The highest BCUT2D eigenvalue weighted by molar-refractivity contribution is 6.05. The van der Waals surface area contributed by atoms with E-state index in [9.17, 15) is 18.0 Å². The highest BCUT2D eigenvalue weighted by Gasteiger charge is 2.35. The van der Waals surface area contributed by atoms with Crippen LogP contribution >= 0.6 is 0 Å². The Morgan fingerprint density at radius 1 is 1.08 bits per heavy atom. The van der Waals surface area contributed by atoms with Gasteiger partial charge in [0.1, 0.15) is 6.33 Å². The molecule has 1 fully saturated rings. The van der Waals surface area contributed by atoms with Crippen molar-refractivity contribution in [3.63, 3.8) is 0 Å². The van der Waals surface area contributed by atoms with Crippen molar-refractivity contribution in [3.05, 3.63) is 71.1 Å². The number of hydrazine groups is 1. The highest BCUT2D eigenvalue weighted by atomic mass is 19.4. The Bertz CT molecular complexity index is 1360. The molecule has 3 heterocycles. The predicted octanol–water partition coefficient (Wildman–Crippen LogP) is 3.26. The van der Waals surface area contributed by atoms with Crippen molar-refractivity contribution in [1.82, 2.24) is 19.9 Å². The first-order chi connectivity index (χ1) is 18.4. The smallest absolute Gasteiger partial charge is 0.369 e. The molecule has 0 spiro atoms. The number of alkyl halides is 3. The van der Waals surface area contributed by atoms with Crippen LogP contribution in [-0.2, 0) is 6.18 Å². The molecule has 4 rings (SSSR count). The van der Waals surface area contributed by atoms with Crippen LogP contribution in [0.1, 0.15) is 32.7 Å². The SMILES string of the molecule is Cc1ncc(C(=O)Nc2cc(N3CCN(C)CC3)c(C)c(C(F)(F)F)c2)cc1N(N)CC(=N)c1cncnc1. The molecule has 13 heteroatoms. The van der Waals surface area contributed by atoms with Crippen LogP contribution in [0.25, 0.3) is 0 Å². The Hall–Kier alpha value is -4.10. The summed E-state index contributed by atoms with van der Waals surface area (Å²) in [6.07, 6.45) is 1.08. The number of nitrogens with one attached hydrogen (secondary N) is 2. The molecular formula is C26H30F3N9O. The van der Waals surface area contributed by atoms with Crippen LogP contribution in [0.5, 0.6) is 0 Å². The fourth-order valence-corrected chi connectivity index (χ4v) is 4.38. The van der Waals surface area contributed by atoms with Gasteiger partial charge in [-0.15, -0.1) is 0 Å². The third kappa shape index (κ3) is 6.49. The third-order valence-electron chi connectivity index (χ3n) is 6.66. The first-order valence-electron chi connectivity index (χ1n) is 12.2. The summed E-state index contributed by atoms with van der Waals surface area (Å²) < 4.78 is 41.8. The van der Waals surface area contributed by atoms with Gasteiger partial charge in [-0.3, -0.25) is 9.78 Å². The highest BCUT2D eigenvalue weighted by Crippen LogP contribution is 2.39. The topological polar surface area (TPSA) is 127 Å². The molecule has 3 aromatic rings. The number of nitrogens with zero attached hydrogens (tertiary/aromatic N) is 6. The molecule has 10 nitrogen and oxygen atoms in total. The fraction of sp³-hybridized carbons (Fsp3) is 0.346. The standard InChI is InChI=1S/C26H30F3N9O/c1-16-21(26(27,28)29)9-20(10-23(16)37-6-4-36(3)5-7-37)35-25(39)18-8-24(17(2)34-13-18)38(31)14-22(30)19-11-32-15-33-12-19/h8-13,15,30H,4-7,14,31H2,1-3H3,(H,35,39). The van der Waals surface area contributed by atoms with E-state index in [4.69, 9.17) is 11.3 Å². The van der Waals surface area contributed by atoms with E-state index in [0.29, 0.717) is 35.7 Å². The van der Waals surface area contributed by atoms with E-state index in [1.54, 1.807) is 13.0 Å². The number of amides is 1. The van der Waals surface area contributed by atoms with Crippen molar-refractivity contribution in [2.75, 3.05) is 55.0 Å². The Morgan fingerprint density at radius 3 is 2.38 bits per heavy atom. The van der Waals surface area contributed by atoms with Crippen LogP contribution in [-0.4, -0.2) is 71.2 Å². The van der Waals surface area contributed by atoms with Gasteiger partial charge in [-0.2, -0.15) is 13.2 Å². The molecule has 0 unspecified atom stereocenters. The number of rotatable bonds is 7. The number of carbonyl (C=O) groups is 1. The Balaban J connectivity index is 1.58. The van der Waals surface area contributed by atoms with Crippen molar-refractivity contribution < 1.29 is 18.0 Å². The van der Waals surface area contributed by atoms with E-state index in [2.05, 4.69) is 25.2 Å². The van der Waals surface area contributed by atoms with Crippen LogP contribution in [0, 0.1) is 19.3 Å². The van der Waals surface area contributed by atoms with Crippen LogP contribution < -0.4 is 21.1 Å². The number of hydrogen-bond acceptors (Lipinski definition) is 9. The van der Waals surface area contributed by atoms with Crippen molar-refractivity contribution in [2.24, 2.45) is 5.84 Å². The summed E-state index contributed by atoms with van der Waals surface area (Å²) in [5.74, 6) is 5.56. The molecule has 1 aliphatic heterocycles. The maximum absolute atomic E-state index is 13.9. The lowest BCUT2D eigenvalue weighted by atomic mass is 10.0. The lowest BCUT2D eigenvalue weighted by Crippen LogP contribution is -2.44. The molecule has 0 bridgehead atoms. The third-order valence-corrected chi connectivity index (χ3v) is 6.66. The Morgan fingerprint density at radius 2 is 1.74 bits per heavy atom. The first kappa shape index (κ1) is 27.9. The van der Waals surface area contributed by atoms with E-state index in [1.807, 2.05) is 11.9 Å². The number of benzene rings is 1. The maximum atomic E-state index is 13.9. The van der Waals surface area contributed by atoms with Gasteiger partial charge in [-0.05, 0) is 44.7 Å². The number of pyridine rings is 1. The summed E-state index contributed by atoms with van der Waals surface area (Å²) in [6.45, 7) is 5.74. The average molecular weight is 542 g/mol. The van der Waals surface area contributed by atoms with E-state index in [-0.39, 0.29) is 29.1 Å². The zero-order valence-electron chi connectivity index (χ0n) is 21.9. The molecule has 0 saturated carbocycles. The number of aryl methyl sites for hydroxylation is 1. The fourth-order valence-electron chi connectivity index (χ4n) is 4.38. The second-order valence-electron chi connectivity index (χ2n) is 9.47. The summed E-state index contributed by atoms with van der Waals surface area (Å²) in [5.41, 5.74) is 1.45. The monoisotopic (exact) mass is 541 g/mol. The lowest BCUT2D eigenvalue weighted by Gasteiger charge is -2.35. The molecule has 206 valence electrons. The van der Waals surface area contributed by atoms with Crippen molar-refractivity contribution in [2.45, 2.75) is 20.0 Å². The quantitative estimate of drug-likeness (QED) is 0.236. The number of carbonyl (C=O) groups excluding carboxylic acids is 1. The summed E-state index contributed by atoms with van der Waals surface area (Å²) in [4.78, 5) is 29.2. The second-order valence-corrected chi connectivity index (χ2v) is 9.47. The zero-order valence-corrected chi connectivity index (χ0v) is 21.9. The van der Waals surface area contributed by atoms with Gasteiger partial charge >= 0.3 is 6.18 Å². The normalized spacial score (nSPS) is 14.3. The molecule has 1 aliphatic rings. The molecule has 2 aromatic heterocycles. The summed E-state index contributed by atoms with van der Waals surface area (Å²) in [5, 5.41) is 12.1.